The number of halogens is 2. The number of nitrogens with one attached hydrogen (secondary N) is 1. The average Bonchev–Trinajstić information content (AvgIpc) is 2.41. The van der Waals surface area contributed by atoms with Crippen molar-refractivity contribution >= 4 is 28.9 Å². The van der Waals surface area contributed by atoms with Gasteiger partial charge < -0.3 is 15.5 Å². The van der Waals surface area contributed by atoms with Crippen molar-refractivity contribution in [1.29, 1.82) is 0 Å². The molecule has 0 aromatic heterocycles. The molecule has 2 aromatic carbocycles. The quantitative estimate of drug-likeness (QED) is 0.802. The van der Waals surface area contributed by atoms with Gasteiger partial charge in [-0.25, -0.2) is 4.39 Å². The van der Waals surface area contributed by atoms with Crippen molar-refractivity contribution in [3.8, 4) is 5.75 Å². The van der Waals surface area contributed by atoms with Gasteiger partial charge in [0.1, 0.15) is 16.6 Å². The Balaban J connectivity index is 2.44. The third kappa shape index (κ3) is 3.44. The Hall–Kier alpha value is -2.27. The molecule has 0 aliphatic heterocycles. The molecule has 0 unspecified atom stereocenters. The van der Waals surface area contributed by atoms with Gasteiger partial charge in [-0.05, 0) is 30.7 Å². The summed E-state index contributed by atoms with van der Waals surface area (Å²) >= 11 is 5.87. The number of carbonyl (C=O) groups is 1. The minimum atomic E-state index is -0.994. The number of phenolic OH excluding ortho intramolecular Hbond substituents is 1. The van der Waals surface area contributed by atoms with Crippen LogP contribution < -0.4 is 5.32 Å². The summed E-state index contributed by atoms with van der Waals surface area (Å²) in [6.07, 6.45) is -0.206. The molecule has 0 radical (unpaired) electrons. The second kappa shape index (κ2) is 6.01. The first-order chi connectivity index (χ1) is 9.88. The van der Waals surface area contributed by atoms with Gasteiger partial charge in [-0.2, -0.15) is 0 Å². The molecule has 2 aromatic rings. The number of carboxylic acid groups (broad SMARTS) is 1. The number of aryl methyl sites for hydroxylation is 1. The van der Waals surface area contributed by atoms with Gasteiger partial charge in [0.05, 0.1) is 12.1 Å². The predicted octanol–water partition coefficient (Wildman–Crippen LogP) is 3.86. The molecule has 0 bridgehead atoms. The van der Waals surface area contributed by atoms with Crippen molar-refractivity contribution < 1.29 is 19.4 Å². The molecule has 0 fully saturated rings. The number of hydrogen-bond donors (Lipinski definition) is 3. The van der Waals surface area contributed by atoms with E-state index in [2.05, 4.69) is 5.32 Å². The Morgan fingerprint density at radius 2 is 2.05 bits per heavy atom. The molecule has 3 N–H and O–H groups in total. The van der Waals surface area contributed by atoms with E-state index in [-0.39, 0.29) is 22.9 Å². The number of phenols is 1. The largest absolute Gasteiger partial charge is 0.506 e. The fourth-order valence-electron chi connectivity index (χ4n) is 1.94. The molecule has 0 atom stereocenters. The maximum Gasteiger partial charge on any atom is 0.307 e. The van der Waals surface area contributed by atoms with Gasteiger partial charge in [-0.1, -0.05) is 29.3 Å². The molecule has 0 aliphatic rings. The zero-order valence-electron chi connectivity index (χ0n) is 11.2. The van der Waals surface area contributed by atoms with Crippen LogP contribution in [0.2, 0.25) is 5.02 Å². The Kier molecular flexibility index (Phi) is 4.33. The Bertz CT molecular complexity index is 704. The van der Waals surface area contributed by atoms with Crippen LogP contribution in [0.5, 0.6) is 5.75 Å². The first-order valence-corrected chi connectivity index (χ1v) is 6.51. The predicted molar refractivity (Wildman–Crippen MR) is 78.9 cm³/mol. The topological polar surface area (TPSA) is 69.6 Å². The molecule has 110 valence electrons. The van der Waals surface area contributed by atoms with E-state index in [9.17, 15) is 14.3 Å². The number of aliphatic carboxylic acids is 1. The van der Waals surface area contributed by atoms with E-state index < -0.39 is 11.8 Å². The normalized spacial score (nSPS) is 10.4. The summed E-state index contributed by atoms with van der Waals surface area (Å²) in [6, 6.07) is 7.34. The highest BCUT2D eigenvalue weighted by molar-refractivity contribution is 6.34. The van der Waals surface area contributed by atoms with Gasteiger partial charge in [-0.3, -0.25) is 4.79 Å². The van der Waals surface area contributed by atoms with Crippen LogP contribution in [0, 0.1) is 12.7 Å². The van der Waals surface area contributed by atoms with Gasteiger partial charge in [0, 0.05) is 5.69 Å². The summed E-state index contributed by atoms with van der Waals surface area (Å²) < 4.78 is 13.8. The monoisotopic (exact) mass is 309 g/mol. The average molecular weight is 310 g/mol. The highest BCUT2D eigenvalue weighted by Gasteiger charge is 2.14. The molecule has 0 amide bonds. The molecule has 21 heavy (non-hydrogen) atoms. The lowest BCUT2D eigenvalue weighted by Crippen LogP contribution is -2.05. The molecule has 0 heterocycles. The second-order valence-corrected chi connectivity index (χ2v) is 4.99. The number of hydrogen-bond acceptors (Lipinski definition) is 3. The van der Waals surface area contributed by atoms with Crippen LogP contribution in [-0.4, -0.2) is 16.2 Å². The fraction of sp³-hybridized carbons (Fsp3) is 0.133. The van der Waals surface area contributed by atoms with Crippen LogP contribution in [0.1, 0.15) is 11.1 Å². The molecular formula is C15H13ClFNO3. The smallest absolute Gasteiger partial charge is 0.307 e. The number of aromatic hydroxyl groups is 1. The van der Waals surface area contributed by atoms with Crippen LogP contribution in [0.3, 0.4) is 0 Å². The molecule has 0 aliphatic carbocycles. The van der Waals surface area contributed by atoms with Gasteiger partial charge in [-0.15, -0.1) is 0 Å². The lowest BCUT2D eigenvalue weighted by Gasteiger charge is -2.14. The number of benzene rings is 2. The van der Waals surface area contributed by atoms with Gasteiger partial charge in [0.2, 0.25) is 0 Å². The molecular weight excluding hydrogens is 297 g/mol. The minimum absolute atomic E-state index is 0.0906. The van der Waals surface area contributed by atoms with E-state index in [4.69, 9.17) is 16.7 Å². The van der Waals surface area contributed by atoms with Crippen molar-refractivity contribution in [2.75, 3.05) is 5.32 Å². The molecule has 2 rings (SSSR count). The first-order valence-electron chi connectivity index (χ1n) is 6.14. The first kappa shape index (κ1) is 15.1. The van der Waals surface area contributed by atoms with Crippen LogP contribution in [0.4, 0.5) is 15.8 Å². The van der Waals surface area contributed by atoms with Crippen molar-refractivity contribution in [2.24, 2.45) is 0 Å². The van der Waals surface area contributed by atoms with Crippen molar-refractivity contribution in [3.63, 3.8) is 0 Å². The van der Waals surface area contributed by atoms with Crippen molar-refractivity contribution in [2.45, 2.75) is 13.3 Å². The third-order valence-electron chi connectivity index (χ3n) is 2.93. The van der Waals surface area contributed by atoms with Crippen molar-refractivity contribution in [3.05, 3.63) is 52.3 Å². The zero-order valence-corrected chi connectivity index (χ0v) is 11.9. The van der Waals surface area contributed by atoms with E-state index in [0.29, 0.717) is 11.3 Å². The summed E-state index contributed by atoms with van der Waals surface area (Å²) in [5, 5.41) is 21.1. The summed E-state index contributed by atoms with van der Waals surface area (Å²) in [7, 11) is 0. The second-order valence-electron chi connectivity index (χ2n) is 4.61. The summed E-state index contributed by atoms with van der Waals surface area (Å²) in [6.45, 7) is 1.83. The van der Waals surface area contributed by atoms with E-state index in [1.54, 1.807) is 18.2 Å². The molecule has 4 nitrogen and oxygen atoms in total. The molecule has 0 saturated carbocycles. The number of anilines is 2. The van der Waals surface area contributed by atoms with E-state index in [0.717, 1.165) is 17.7 Å². The summed E-state index contributed by atoms with van der Waals surface area (Å²) in [5.41, 5.74) is 1.72. The van der Waals surface area contributed by atoms with Crippen LogP contribution in [0.15, 0.2) is 30.3 Å². The number of rotatable bonds is 4. The third-order valence-corrected chi connectivity index (χ3v) is 3.32. The van der Waals surface area contributed by atoms with Crippen LogP contribution in [0.25, 0.3) is 0 Å². The van der Waals surface area contributed by atoms with E-state index >= 15 is 0 Å². The maximum absolute atomic E-state index is 13.8. The van der Waals surface area contributed by atoms with Gasteiger partial charge >= 0.3 is 5.97 Å². The molecule has 0 saturated heterocycles. The number of carboxylic acids is 1. The van der Waals surface area contributed by atoms with E-state index in [1.807, 2.05) is 6.92 Å². The Morgan fingerprint density at radius 1 is 1.33 bits per heavy atom. The Labute approximate surface area is 125 Å². The Morgan fingerprint density at radius 3 is 2.71 bits per heavy atom. The minimum Gasteiger partial charge on any atom is -0.506 e. The summed E-state index contributed by atoms with van der Waals surface area (Å²) in [5.74, 6) is -1.89. The van der Waals surface area contributed by atoms with Gasteiger partial charge in [0.15, 0.2) is 0 Å². The van der Waals surface area contributed by atoms with Crippen LogP contribution in [-0.2, 0) is 11.2 Å². The SMILES string of the molecule is Cc1ccc(Nc2c(F)ccc(O)c2Cl)c(CC(=O)O)c1. The lowest BCUT2D eigenvalue weighted by atomic mass is 10.1. The lowest BCUT2D eigenvalue weighted by molar-refractivity contribution is -0.136. The molecule has 0 spiro atoms. The van der Waals surface area contributed by atoms with Crippen LogP contribution >= 0.6 is 11.6 Å². The molecule has 6 heteroatoms. The summed E-state index contributed by atoms with van der Waals surface area (Å²) in [4.78, 5) is 10.9. The standard InChI is InChI=1S/C15H13ClFNO3/c1-8-2-4-11(9(6-8)7-13(20)21)18-15-10(17)3-5-12(19)14(15)16/h2-6,18-19H,7H2,1H3,(H,20,21). The zero-order chi connectivity index (χ0) is 15.6. The van der Waals surface area contributed by atoms with Gasteiger partial charge in [0.25, 0.3) is 0 Å². The fourth-order valence-corrected chi connectivity index (χ4v) is 2.14. The van der Waals surface area contributed by atoms with Crippen molar-refractivity contribution in [1.82, 2.24) is 0 Å². The maximum atomic E-state index is 13.8. The highest BCUT2D eigenvalue weighted by Crippen LogP contribution is 2.36. The van der Waals surface area contributed by atoms with E-state index in [1.165, 1.54) is 0 Å². The highest BCUT2D eigenvalue weighted by atomic mass is 35.5.